The molecule has 0 aliphatic carbocycles. The highest BCUT2D eigenvalue weighted by atomic mass is 16.5. The summed E-state index contributed by atoms with van der Waals surface area (Å²) < 4.78 is 17.5. The van der Waals surface area contributed by atoms with Crippen molar-refractivity contribution in [2.24, 2.45) is 7.05 Å². The van der Waals surface area contributed by atoms with Gasteiger partial charge in [0.2, 0.25) is 0 Å². The summed E-state index contributed by atoms with van der Waals surface area (Å²) in [4.78, 5) is 37.9. The number of aromatic hydroxyl groups is 1. The lowest BCUT2D eigenvalue weighted by Crippen LogP contribution is -2.29. The predicted octanol–water partition coefficient (Wildman–Crippen LogP) is 3.11. The van der Waals surface area contributed by atoms with Gasteiger partial charge in [-0.25, -0.2) is 4.79 Å². The molecule has 162 valence electrons. The van der Waals surface area contributed by atoms with Crippen LogP contribution in [0.5, 0.6) is 17.2 Å². The maximum absolute atomic E-state index is 13.4. The second-order valence-corrected chi connectivity index (χ2v) is 7.88. The normalized spacial score (nSPS) is 15.6. The number of benzene rings is 2. The van der Waals surface area contributed by atoms with Gasteiger partial charge in [-0.3, -0.25) is 9.59 Å². The number of nitrogens with zero attached hydrogens (tertiary/aromatic N) is 1. The van der Waals surface area contributed by atoms with Crippen LogP contribution in [-0.2, 0) is 11.8 Å². The molecule has 0 spiro atoms. The number of methoxy groups -OCH3 is 1. The second-order valence-electron chi connectivity index (χ2n) is 7.88. The molecule has 32 heavy (non-hydrogen) atoms. The number of fused-ring (bicyclic) bond motifs is 4. The molecule has 0 amide bonds. The number of rotatable bonds is 2. The number of pyridine rings is 1. The summed E-state index contributed by atoms with van der Waals surface area (Å²) in [5.74, 6) is -1.10. The zero-order chi connectivity index (χ0) is 22.7. The van der Waals surface area contributed by atoms with Crippen LogP contribution in [-0.4, -0.2) is 22.8 Å². The van der Waals surface area contributed by atoms with Crippen molar-refractivity contribution in [1.29, 1.82) is 0 Å². The molecule has 8 heteroatoms. The first kappa shape index (κ1) is 19.9. The highest BCUT2D eigenvalue weighted by Crippen LogP contribution is 2.47. The Morgan fingerprint density at radius 1 is 1.12 bits per heavy atom. The third-order valence-corrected chi connectivity index (χ3v) is 5.98. The lowest BCUT2D eigenvalue weighted by Gasteiger charge is -2.26. The standard InChI is InChI=1S/C24H19NO7/c1-11-6-19(27)31-22-14(11)9-18(26)23-21(22)15(10-20(28)32-23)16-7-12-4-5-13(30-3)8-17(12)25(2)24(16)29/h4-9,15,26H,10H2,1-3H3. The van der Waals surface area contributed by atoms with Crippen LogP contribution in [0.4, 0.5) is 0 Å². The SMILES string of the molecule is COc1ccc2cc(C3CC(=O)Oc4c(O)cc5c(C)cc(=O)oc5c43)c(=O)n(C)c2c1. The lowest BCUT2D eigenvalue weighted by molar-refractivity contribution is -0.135. The fraction of sp³-hybridized carbons (Fsp3) is 0.208. The second kappa shape index (κ2) is 6.98. The summed E-state index contributed by atoms with van der Waals surface area (Å²) in [6.45, 7) is 1.72. The fourth-order valence-corrected chi connectivity index (χ4v) is 4.40. The number of phenolic OH excluding ortho intramolecular Hbond substituents is 1. The minimum Gasteiger partial charge on any atom is -0.504 e. The van der Waals surface area contributed by atoms with Crippen LogP contribution in [0.2, 0.25) is 0 Å². The summed E-state index contributed by atoms with van der Waals surface area (Å²) in [6.07, 6.45) is -0.139. The molecule has 2 aromatic heterocycles. The summed E-state index contributed by atoms with van der Waals surface area (Å²) in [5, 5.41) is 11.9. The van der Waals surface area contributed by atoms with E-state index in [1.165, 1.54) is 16.7 Å². The topological polar surface area (TPSA) is 108 Å². The molecule has 0 radical (unpaired) electrons. The summed E-state index contributed by atoms with van der Waals surface area (Å²) in [7, 11) is 3.19. The van der Waals surface area contributed by atoms with Crippen LogP contribution in [0.3, 0.4) is 0 Å². The molecular formula is C24H19NO7. The van der Waals surface area contributed by atoms with Crippen molar-refractivity contribution in [2.75, 3.05) is 7.11 Å². The van der Waals surface area contributed by atoms with Gasteiger partial charge in [-0.1, -0.05) is 0 Å². The van der Waals surface area contributed by atoms with Crippen molar-refractivity contribution in [3.05, 3.63) is 73.9 Å². The summed E-state index contributed by atoms with van der Waals surface area (Å²) >= 11 is 0. The minimum absolute atomic E-state index is 0.0932. The Labute approximate surface area is 181 Å². The number of aromatic nitrogens is 1. The number of phenols is 1. The van der Waals surface area contributed by atoms with E-state index in [4.69, 9.17) is 13.9 Å². The molecule has 1 unspecified atom stereocenters. The summed E-state index contributed by atoms with van der Waals surface area (Å²) in [6, 6.07) is 9.79. The van der Waals surface area contributed by atoms with Crippen LogP contribution in [0.1, 0.15) is 29.0 Å². The Hall–Kier alpha value is -4.07. The molecule has 0 saturated carbocycles. The molecule has 8 nitrogen and oxygen atoms in total. The van der Waals surface area contributed by atoms with Crippen LogP contribution in [0, 0.1) is 6.92 Å². The van der Waals surface area contributed by atoms with Gasteiger partial charge < -0.3 is 23.6 Å². The number of ether oxygens (including phenoxy) is 2. The molecule has 1 atom stereocenters. The number of carbonyl (C=O) groups is 1. The molecule has 0 bridgehead atoms. The molecule has 1 N–H and O–H groups in total. The molecule has 1 aliphatic rings. The van der Waals surface area contributed by atoms with Gasteiger partial charge in [0.1, 0.15) is 11.3 Å². The van der Waals surface area contributed by atoms with Crippen molar-refractivity contribution < 1.29 is 23.8 Å². The number of hydrogen-bond donors (Lipinski definition) is 1. The third-order valence-electron chi connectivity index (χ3n) is 5.98. The van der Waals surface area contributed by atoms with Gasteiger partial charge in [0, 0.05) is 36.0 Å². The maximum atomic E-state index is 13.4. The molecule has 1 aliphatic heterocycles. The van der Waals surface area contributed by atoms with Crippen molar-refractivity contribution in [1.82, 2.24) is 4.57 Å². The first-order chi connectivity index (χ1) is 15.3. The smallest absolute Gasteiger partial charge is 0.336 e. The van der Waals surface area contributed by atoms with E-state index < -0.39 is 17.5 Å². The van der Waals surface area contributed by atoms with Crippen LogP contribution >= 0.6 is 0 Å². The average Bonchev–Trinajstić information content (AvgIpc) is 2.76. The largest absolute Gasteiger partial charge is 0.504 e. The zero-order valence-corrected chi connectivity index (χ0v) is 17.6. The minimum atomic E-state index is -0.768. The Balaban J connectivity index is 1.86. The molecule has 0 fully saturated rings. The van der Waals surface area contributed by atoms with E-state index in [1.54, 1.807) is 39.3 Å². The maximum Gasteiger partial charge on any atom is 0.336 e. The first-order valence-corrected chi connectivity index (χ1v) is 9.97. The van der Waals surface area contributed by atoms with Gasteiger partial charge in [-0.2, -0.15) is 0 Å². The van der Waals surface area contributed by atoms with E-state index in [-0.39, 0.29) is 29.1 Å². The van der Waals surface area contributed by atoms with E-state index in [9.17, 15) is 19.5 Å². The van der Waals surface area contributed by atoms with E-state index >= 15 is 0 Å². The van der Waals surface area contributed by atoms with Gasteiger partial charge in [0.25, 0.3) is 5.56 Å². The van der Waals surface area contributed by atoms with Crippen molar-refractivity contribution >= 4 is 27.8 Å². The first-order valence-electron chi connectivity index (χ1n) is 9.97. The molecule has 5 rings (SSSR count). The molecular weight excluding hydrogens is 414 g/mol. The monoisotopic (exact) mass is 433 g/mol. The number of carbonyl (C=O) groups excluding carboxylic acids is 1. The zero-order valence-electron chi connectivity index (χ0n) is 17.6. The fourth-order valence-electron chi connectivity index (χ4n) is 4.40. The highest BCUT2D eigenvalue weighted by Gasteiger charge is 2.36. The Morgan fingerprint density at radius 2 is 1.91 bits per heavy atom. The molecule has 0 saturated heterocycles. The van der Waals surface area contributed by atoms with E-state index in [0.29, 0.717) is 33.3 Å². The molecule has 2 aromatic carbocycles. The van der Waals surface area contributed by atoms with Gasteiger partial charge in [0.05, 0.1) is 24.6 Å². The third kappa shape index (κ3) is 2.87. The van der Waals surface area contributed by atoms with Crippen molar-refractivity contribution in [3.8, 4) is 17.2 Å². The average molecular weight is 433 g/mol. The van der Waals surface area contributed by atoms with E-state index in [2.05, 4.69) is 0 Å². The van der Waals surface area contributed by atoms with Gasteiger partial charge in [-0.05, 0) is 42.1 Å². The van der Waals surface area contributed by atoms with Crippen molar-refractivity contribution in [3.63, 3.8) is 0 Å². The van der Waals surface area contributed by atoms with Gasteiger partial charge in [0.15, 0.2) is 11.5 Å². The van der Waals surface area contributed by atoms with Crippen LogP contribution in [0.15, 0.2) is 50.4 Å². The van der Waals surface area contributed by atoms with Crippen molar-refractivity contribution in [2.45, 2.75) is 19.3 Å². The number of hydrogen-bond acceptors (Lipinski definition) is 7. The number of esters is 1. The molecule has 3 heterocycles. The van der Waals surface area contributed by atoms with Gasteiger partial charge in [-0.15, -0.1) is 0 Å². The van der Waals surface area contributed by atoms with Crippen LogP contribution < -0.4 is 20.7 Å². The predicted molar refractivity (Wildman–Crippen MR) is 117 cm³/mol. The Bertz CT molecular complexity index is 1560. The van der Waals surface area contributed by atoms with Gasteiger partial charge >= 0.3 is 11.6 Å². The summed E-state index contributed by atoms with van der Waals surface area (Å²) in [5.41, 5.74) is 1.21. The Kier molecular flexibility index (Phi) is 4.33. The van der Waals surface area contributed by atoms with Crippen LogP contribution in [0.25, 0.3) is 21.9 Å². The number of aryl methyl sites for hydroxylation is 2. The van der Waals surface area contributed by atoms with E-state index in [1.807, 2.05) is 6.07 Å². The van der Waals surface area contributed by atoms with E-state index in [0.717, 1.165) is 5.39 Å². The highest BCUT2D eigenvalue weighted by molar-refractivity contribution is 5.92. The Morgan fingerprint density at radius 3 is 2.66 bits per heavy atom. The lowest BCUT2D eigenvalue weighted by atomic mass is 9.84. The molecule has 4 aromatic rings. The quantitative estimate of drug-likeness (QED) is 0.294.